The molecule has 0 fully saturated rings. The van der Waals surface area contributed by atoms with Crippen LogP contribution in [0.4, 0.5) is 8.78 Å². The van der Waals surface area contributed by atoms with Gasteiger partial charge in [-0.2, -0.15) is 8.78 Å². The van der Waals surface area contributed by atoms with Crippen molar-refractivity contribution in [2.75, 3.05) is 20.8 Å². The van der Waals surface area contributed by atoms with Crippen LogP contribution in [0.5, 0.6) is 11.5 Å². The highest BCUT2D eigenvalue weighted by Gasteiger charge is 2.15. The fourth-order valence-corrected chi connectivity index (χ4v) is 2.02. The minimum Gasteiger partial charge on any atom is -0.497 e. The third-order valence-corrected chi connectivity index (χ3v) is 3.33. The first kappa shape index (κ1) is 19.2. The molecule has 0 spiro atoms. The third-order valence-electron chi connectivity index (χ3n) is 3.33. The Balaban J connectivity index is 1.89. The van der Waals surface area contributed by atoms with Crippen LogP contribution in [0.1, 0.15) is 22.7 Å². The van der Waals surface area contributed by atoms with E-state index in [2.05, 4.69) is 10.3 Å². The van der Waals surface area contributed by atoms with Crippen molar-refractivity contribution in [3.63, 3.8) is 0 Å². The van der Waals surface area contributed by atoms with Gasteiger partial charge in [0.15, 0.2) is 5.82 Å². The summed E-state index contributed by atoms with van der Waals surface area (Å²) < 4.78 is 40.8. The van der Waals surface area contributed by atoms with Crippen LogP contribution < -0.4 is 14.8 Å². The van der Waals surface area contributed by atoms with Gasteiger partial charge in [0.25, 0.3) is 5.91 Å². The van der Waals surface area contributed by atoms with Gasteiger partial charge in [0.1, 0.15) is 24.7 Å². The summed E-state index contributed by atoms with van der Waals surface area (Å²) in [6, 6.07) is 4.54. The lowest BCUT2D eigenvalue weighted by molar-refractivity contribution is -0.144. The van der Waals surface area contributed by atoms with Crippen molar-refractivity contribution >= 4 is 11.9 Å². The molecule has 2 rings (SSSR count). The molecule has 0 radical (unpaired) electrons. The number of carbonyl (C=O) groups excluding carboxylic acids is 2. The minimum atomic E-state index is -2.78. The largest absolute Gasteiger partial charge is 0.497 e. The van der Waals surface area contributed by atoms with E-state index in [0.29, 0.717) is 16.1 Å². The summed E-state index contributed by atoms with van der Waals surface area (Å²) in [6.45, 7) is -3.65. The predicted molar refractivity (Wildman–Crippen MR) is 85.2 cm³/mol. The molecule has 0 aliphatic carbocycles. The number of ether oxygens (including phenoxy) is 3. The van der Waals surface area contributed by atoms with Crippen molar-refractivity contribution in [2.45, 2.75) is 13.2 Å². The fraction of sp³-hybridized carbons (Fsp3) is 0.312. The molecule has 1 aromatic carbocycles. The van der Waals surface area contributed by atoms with Gasteiger partial charge in [0.2, 0.25) is 0 Å². The van der Waals surface area contributed by atoms with Crippen molar-refractivity contribution in [1.82, 2.24) is 14.9 Å². The number of benzene rings is 1. The lowest BCUT2D eigenvalue weighted by Gasteiger charge is -2.10. The number of nitrogens with zero attached hydrogens (tertiary/aromatic N) is 2. The Morgan fingerprint density at radius 2 is 1.85 bits per heavy atom. The second-order valence-electron chi connectivity index (χ2n) is 4.97. The summed E-state index contributed by atoms with van der Waals surface area (Å²) in [6.07, 6.45) is 2.25. The van der Waals surface area contributed by atoms with E-state index in [1.54, 1.807) is 6.07 Å². The molecular formula is C16H17F2N3O5. The van der Waals surface area contributed by atoms with Crippen LogP contribution in [0.3, 0.4) is 0 Å². The van der Waals surface area contributed by atoms with Crippen molar-refractivity contribution in [3.05, 3.63) is 42.0 Å². The molecule has 2 aromatic rings. The first-order chi connectivity index (χ1) is 12.4. The highest BCUT2D eigenvalue weighted by molar-refractivity contribution is 5.96. The summed E-state index contributed by atoms with van der Waals surface area (Å²) >= 11 is 0. The maximum atomic E-state index is 12.7. The lowest BCUT2D eigenvalue weighted by atomic mass is 10.2. The Labute approximate surface area is 147 Å². The molecule has 1 heterocycles. The monoisotopic (exact) mass is 369 g/mol. The number of halogens is 2. The predicted octanol–water partition coefficient (Wildman–Crippen LogP) is 1.77. The number of carbonyl (C=O) groups is 2. The Kier molecular flexibility index (Phi) is 6.48. The van der Waals surface area contributed by atoms with E-state index in [9.17, 15) is 18.4 Å². The molecule has 0 bridgehead atoms. The maximum Gasteiger partial charge on any atom is 0.325 e. The smallest absolute Gasteiger partial charge is 0.325 e. The van der Waals surface area contributed by atoms with Crippen LogP contribution in [0, 0.1) is 0 Å². The van der Waals surface area contributed by atoms with Crippen molar-refractivity contribution < 1.29 is 32.6 Å². The zero-order valence-electron chi connectivity index (χ0n) is 14.1. The average Bonchev–Trinajstić information content (AvgIpc) is 3.12. The molecule has 1 aromatic heterocycles. The number of amides is 1. The number of esters is 1. The number of hydrogen-bond acceptors (Lipinski definition) is 6. The number of aromatic nitrogens is 2. The number of methoxy groups -OCH3 is 2. The molecule has 0 atom stereocenters. The van der Waals surface area contributed by atoms with Crippen molar-refractivity contribution in [2.24, 2.45) is 0 Å². The van der Waals surface area contributed by atoms with Crippen molar-refractivity contribution in [1.29, 1.82) is 0 Å². The van der Waals surface area contributed by atoms with E-state index in [1.165, 1.54) is 32.5 Å². The summed E-state index contributed by atoms with van der Waals surface area (Å²) in [4.78, 5) is 27.5. The molecule has 0 aliphatic rings. The van der Waals surface area contributed by atoms with E-state index in [1.807, 2.05) is 0 Å². The molecule has 1 N–H and O–H groups in total. The third kappa shape index (κ3) is 4.91. The number of alkyl halides is 2. The van der Waals surface area contributed by atoms with Gasteiger partial charge in [-0.15, -0.1) is 0 Å². The molecule has 0 unspecified atom stereocenters. The highest BCUT2D eigenvalue weighted by atomic mass is 19.3. The normalized spacial score (nSPS) is 10.5. The first-order valence-corrected chi connectivity index (χ1v) is 7.41. The highest BCUT2D eigenvalue weighted by Crippen LogP contribution is 2.22. The Morgan fingerprint density at radius 3 is 2.42 bits per heavy atom. The van der Waals surface area contributed by atoms with Crippen LogP contribution in [-0.4, -0.2) is 42.2 Å². The maximum absolute atomic E-state index is 12.7. The molecule has 8 nitrogen and oxygen atoms in total. The number of imidazole rings is 1. The van der Waals surface area contributed by atoms with Gasteiger partial charge in [0, 0.05) is 24.0 Å². The quantitative estimate of drug-likeness (QED) is 0.713. The zero-order valence-corrected chi connectivity index (χ0v) is 14.1. The van der Waals surface area contributed by atoms with E-state index < -0.39 is 31.6 Å². The van der Waals surface area contributed by atoms with Gasteiger partial charge < -0.3 is 19.5 Å². The molecule has 140 valence electrons. The van der Waals surface area contributed by atoms with Crippen LogP contribution in [0.25, 0.3) is 0 Å². The fourth-order valence-electron chi connectivity index (χ4n) is 2.02. The van der Waals surface area contributed by atoms with Gasteiger partial charge in [-0.25, -0.2) is 4.98 Å². The van der Waals surface area contributed by atoms with Crippen LogP contribution in [0.15, 0.2) is 30.6 Å². The SMILES string of the molecule is COc1cc(OC)cc(C(=O)NCC(=O)OCc2nccn2C(F)F)c1. The van der Waals surface area contributed by atoms with Gasteiger partial charge in [-0.3, -0.25) is 14.2 Å². The van der Waals surface area contributed by atoms with Crippen LogP contribution in [-0.2, 0) is 16.1 Å². The number of hydrogen-bond donors (Lipinski definition) is 1. The topological polar surface area (TPSA) is 91.7 Å². The van der Waals surface area contributed by atoms with E-state index in [-0.39, 0.29) is 11.4 Å². The molecule has 0 saturated heterocycles. The van der Waals surface area contributed by atoms with E-state index in [4.69, 9.17) is 14.2 Å². The summed E-state index contributed by atoms with van der Waals surface area (Å²) in [5.74, 6) is -0.616. The summed E-state index contributed by atoms with van der Waals surface area (Å²) in [5.41, 5.74) is 0.224. The van der Waals surface area contributed by atoms with Gasteiger partial charge in [-0.1, -0.05) is 0 Å². The number of nitrogens with one attached hydrogen (secondary N) is 1. The lowest BCUT2D eigenvalue weighted by Crippen LogP contribution is -2.30. The summed E-state index contributed by atoms with van der Waals surface area (Å²) in [5, 5.41) is 2.37. The molecule has 10 heteroatoms. The molecular weight excluding hydrogens is 352 g/mol. The van der Waals surface area contributed by atoms with E-state index >= 15 is 0 Å². The van der Waals surface area contributed by atoms with Gasteiger partial charge in [-0.05, 0) is 12.1 Å². The Morgan fingerprint density at radius 1 is 1.19 bits per heavy atom. The standard InChI is InChI=1S/C16H17F2N3O5/c1-24-11-5-10(6-12(7-11)25-2)15(23)20-8-14(22)26-9-13-19-3-4-21(13)16(17)18/h3-7,16H,8-9H2,1-2H3,(H,20,23). The second kappa shape index (κ2) is 8.79. The van der Waals surface area contributed by atoms with Crippen LogP contribution >= 0.6 is 0 Å². The Hall–Kier alpha value is -3.17. The summed E-state index contributed by atoms with van der Waals surface area (Å²) in [7, 11) is 2.88. The number of rotatable bonds is 8. The molecule has 26 heavy (non-hydrogen) atoms. The first-order valence-electron chi connectivity index (χ1n) is 7.41. The zero-order chi connectivity index (χ0) is 19.1. The van der Waals surface area contributed by atoms with E-state index in [0.717, 1.165) is 6.20 Å². The van der Waals surface area contributed by atoms with Crippen molar-refractivity contribution in [3.8, 4) is 11.5 Å². The molecule has 0 aliphatic heterocycles. The van der Waals surface area contributed by atoms with Gasteiger partial charge in [0.05, 0.1) is 14.2 Å². The minimum absolute atomic E-state index is 0.0998. The Bertz CT molecular complexity index is 757. The van der Waals surface area contributed by atoms with Crippen LogP contribution in [0.2, 0.25) is 0 Å². The average molecular weight is 369 g/mol. The second-order valence-corrected chi connectivity index (χ2v) is 4.97. The van der Waals surface area contributed by atoms with Gasteiger partial charge >= 0.3 is 12.5 Å². The molecule has 0 saturated carbocycles. The molecule has 1 amide bonds.